The van der Waals surface area contributed by atoms with Gasteiger partial charge in [-0.2, -0.15) is 0 Å². The van der Waals surface area contributed by atoms with Gasteiger partial charge in [-0.15, -0.1) is 0 Å². The van der Waals surface area contributed by atoms with Gasteiger partial charge in [-0.25, -0.2) is 0 Å². The Bertz CT molecular complexity index is 74.6. The molecule has 55 valence electrons. The number of hydrogen-bond donors (Lipinski definition) is 1. The molecule has 1 heteroatoms. The van der Waals surface area contributed by atoms with Gasteiger partial charge in [0.1, 0.15) is 0 Å². The van der Waals surface area contributed by atoms with Gasteiger partial charge >= 0.3 is 0 Å². The molecular formula is C8H17O. The summed E-state index contributed by atoms with van der Waals surface area (Å²) >= 11 is 0. The fourth-order valence-electron chi connectivity index (χ4n) is 0.782. The van der Waals surface area contributed by atoms with Crippen molar-refractivity contribution in [1.29, 1.82) is 0 Å². The molecule has 9 heavy (non-hydrogen) atoms. The Morgan fingerprint density at radius 2 is 2.00 bits per heavy atom. The summed E-state index contributed by atoms with van der Waals surface area (Å²) in [6, 6.07) is 0. The molecule has 0 saturated carbocycles. The molecule has 0 bridgehead atoms. The van der Waals surface area contributed by atoms with Crippen LogP contribution >= 0.6 is 0 Å². The lowest BCUT2D eigenvalue weighted by Gasteiger charge is -2.23. The van der Waals surface area contributed by atoms with Crippen LogP contribution < -0.4 is 0 Å². The molecule has 0 amide bonds. The minimum Gasteiger partial charge on any atom is -0.393 e. The number of aliphatic hydroxyl groups is 1. The molecule has 0 heterocycles. The van der Waals surface area contributed by atoms with Crippen LogP contribution in [-0.4, -0.2) is 11.2 Å². The minimum atomic E-state index is -0.403. The van der Waals surface area contributed by atoms with Crippen molar-refractivity contribution in [3.05, 3.63) is 6.92 Å². The van der Waals surface area contributed by atoms with E-state index in [1.54, 1.807) is 0 Å². The van der Waals surface area contributed by atoms with E-state index in [1.807, 2.05) is 0 Å². The Balaban J connectivity index is 3.58. The summed E-state index contributed by atoms with van der Waals surface area (Å²) in [4.78, 5) is 0. The third-order valence-electron chi connectivity index (χ3n) is 1.75. The van der Waals surface area contributed by atoms with E-state index in [-0.39, 0.29) is 5.41 Å². The summed E-state index contributed by atoms with van der Waals surface area (Å²) in [6.45, 7) is 9.94. The summed E-state index contributed by atoms with van der Waals surface area (Å²) in [6.07, 6.45) is 1.49. The van der Waals surface area contributed by atoms with Crippen LogP contribution in [0, 0.1) is 12.3 Å². The van der Waals surface area contributed by atoms with Gasteiger partial charge in [0, 0.05) is 0 Å². The molecule has 0 fully saturated rings. The van der Waals surface area contributed by atoms with Gasteiger partial charge in [0.2, 0.25) is 0 Å². The second-order valence-electron chi connectivity index (χ2n) is 3.38. The summed E-state index contributed by atoms with van der Waals surface area (Å²) in [5.41, 5.74) is 0.251. The number of rotatable bonds is 3. The van der Waals surface area contributed by atoms with Crippen molar-refractivity contribution in [3.63, 3.8) is 0 Å². The molecule has 1 atom stereocenters. The Hall–Kier alpha value is -0.0400. The van der Waals surface area contributed by atoms with Crippen molar-refractivity contribution in [2.24, 2.45) is 5.41 Å². The molecule has 1 N–H and O–H groups in total. The quantitative estimate of drug-likeness (QED) is 0.618. The van der Waals surface area contributed by atoms with Gasteiger partial charge in [0.15, 0.2) is 0 Å². The summed E-state index contributed by atoms with van der Waals surface area (Å²) in [7, 11) is 0. The lowest BCUT2D eigenvalue weighted by molar-refractivity contribution is 0.147. The van der Waals surface area contributed by atoms with E-state index >= 15 is 0 Å². The van der Waals surface area contributed by atoms with E-state index in [4.69, 9.17) is 5.11 Å². The molecular weight excluding hydrogens is 112 g/mol. The highest BCUT2D eigenvalue weighted by atomic mass is 16.3. The van der Waals surface area contributed by atoms with E-state index in [9.17, 15) is 0 Å². The van der Waals surface area contributed by atoms with Crippen LogP contribution in [-0.2, 0) is 0 Å². The van der Waals surface area contributed by atoms with Gasteiger partial charge in [-0.1, -0.05) is 27.2 Å². The Morgan fingerprint density at radius 1 is 1.56 bits per heavy atom. The van der Waals surface area contributed by atoms with E-state index in [0.717, 1.165) is 12.8 Å². The smallest absolute Gasteiger partial charge is 0.0546 e. The Kier molecular flexibility index (Phi) is 3.20. The molecule has 0 aromatic heterocycles. The van der Waals surface area contributed by atoms with E-state index in [2.05, 4.69) is 27.7 Å². The normalized spacial score (nSPS) is 15.7. The monoisotopic (exact) mass is 129 g/mol. The third-order valence-corrected chi connectivity index (χ3v) is 1.75. The first-order valence-electron chi connectivity index (χ1n) is 3.49. The van der Waals surface area contributed by atoms with Crippen LogP contribution in [0.4, 0.5) is 0 Å². The van der Waals surface area contributed by atoms with Gasteiger partial charge in [0.25, 0.3) is 0 Å². The SMILES string of the molecule is [CH2]C(O)CC(C)(C)CC. The molecule has 0 spiro atoms. The summed E-state index contributed by atoms with van der Waals surface area (Å²) in [5, 5.41) is 8.91. The fourth-order valence-corrected chi connectivity index (χ4v) is 0.782. The number of aliphatic hydroxyl groups excluding tert-OH is 1. The van der Waals surface area contributed by atoms with Crippen molar-refractivity contribution in [2.45, 2.75) is 39.7 Å². The summed E-state index contributed by atoms with van der Waals surface area (Å²) < 4.78 is 0. The van der Waals surface area contributed by atoms with Crippen molar-refractivity contribution in [3.8, 4) is 0 Å². The first-order valence-corrected chi connectivity index (χ1v) is 3.49. The average molecular weight is 129 g/mol. The van der Waals surface area contributed by atoms with Crippen LogP contribution in [0.15, 0.2) is 0 Å². The van der Waals surface area contributed by atoms with E-state index in [0.29, 0.717) is 0 Å². The highest BCUT2D eigenvalue weighted by Crippen LogP contribution is 2.25. The second kappa shape index (κ2) is 3.21. The molecule has 0 aliphatic carbocycles. The molecule has 0 rings (SSSR count). The molecule has 0 aliphatic rings. The van der Waals surface area contributed by atoms with Crippen molar-refractivity contribution in [1.82, 2.24) is 0 Å². The first kappa shape index (κ1) is 8.96. The lowest BCUT2D eigenvalue weighted by Crippen LogP contribution is -2.17. The van der Waals surface area contributed by atoms with Crippen LogP contribution in [0.3, 0.4) is 0 Å². The van der Waals surface area contributed by atoms with Crippen LogP contribution in [0.5, 0.6) is 0 Å². The zero-order valence-corrected chi connectivity index (χ0v) is 6.65. The third kappa shape index (κ3) is 4.46. The van der Waals surface area contributed by atoms with Crippen molar-refractivity contribution >= 4 is 0 Å². The largest absolute Gasteiger partial charge is 0.393 e. The Morgan fingerprint density at radius 3 is 2.11 bits per heavy atom. The van der Waals surface area contributed by atoms with Gasteiger partial charge < -0.3 is 5.11 Å². The minimum absolute atomic E-state index is 0.251. The number of hydrogen-bond acceptors (Lipinski definition) is 1. The van der Waals surface area contributed by atoms with E-state index in [1.165, 1.54) is 0 Å². The van der Waals surface area contributed by atoms with Crippen molar-refractivity contribution in [2.75, 3.05) is 0 Å². The molecule has 1 unspecified atom stereocenters. The summed E-state index contributed by atoms with van der Waals surface area (Å²) in [5.74, 6) is 0. The molecule has 0 aliphatic heterocycles. The maximum absolute atomic E-state index is 8.91. The highest BCUT2D eigenvalue weighted by molar-refractivity contribution is 4.72. The molecule has 1 radical (unpaired) electrons. The average Bonchev–Trinajstić information content (AvgIpc) is 1.63. The highest BCUT2D eigenvalue weighted by Gasteiger charge is 2.16. The van der Waals surface area contributed by atoms with Gasteiger partial charge in [-0.05, 0) is 18.8 Å². The van der Waals surface area contributed by atoms with Crippen molar-refractivity contribution < 1.29 is 5.11 Å². The molecule has 0 saturated heterocycles. The Labute approximate surface area is 58.1 Å². The molecule has 0 aromatic carbocycles. The standard InChI is InChI=1S/C8H17O/c1-5-8(3,4)6-7(2)9/h7,9H,2,5-6H2,1,3-4H3. The first-order chi connectivity index (χ1) is 3.98. The zero-order valence-electron chi connectivity index (χ0n) is 6.65. The molecule has 1 nitrogen and oxygen atoms in total. The fraction of sp³-hybridized carbons (Fsp3) is 0.875. The van der Waals surface area contributed by atoms with Gasteiger partial charge in [0.05, 0.1) is 6.10 Å². The van der Waals surface area contributed by atoms with Crippen LogP contribution in [0.25, 0.3) is 0 Å². The van der Waals surface area contributed by atoms with E-state index < -0.39 is 6.10 Å². The maximum atomic E-state index is 8.91. The zero-order chi connectivity index (χ0) is 7.49. The molecule has 0 aromatic rings. The predicted octanol–water partition coefficient (Wildman–Crippen LogP) is 2.01. The van der Waals surface area contributed by atoms with Gasteiger partial charge in [-0.3, -0.25) is 0 Å². The predicted molar refractivity (Wildman–Crippen MR) is 40.1 cm³/mol. The lowest BCUT2D eigenvalue weighted by atomic mass is 9.85. The maximum Gasteiger partial charge on any atom is 0.0546 e. The van der Waals surface area contributed by atoms with Crippen LogP contribution in [0.2, 0.25) is 0 Å². The van der Waals surface area contributed by atoms with Crippen LogP contribution in [0.1, 0.15) is 33.6 Å². The second-order valence-corrected chi connectivity index (χ2v) is 3.38. The topological polar surface area (TPSA) is 20.2 Å².